The summed E-state index contributed by atoms with van der Waals surface area (Å²) in [6.07, 6.45) is -2.12. The Morgan fingerprint density at radius 1 is 0.909 bits per heavy atom. The molecule has 3 amide bonds. The molecule has 0 aliphatic carbocycles. The summed E-state index contributed by atoms with van der Waals surface area (Å²) in [6.45, 7) is 0.414. The van der Waals surface area contributed by atoms with E-state index in [4.69, 9.17) is 27.4 Å². The second-order valence-electron chi connectivity index (χ2n) is 7.02. The molecule has 5 atom stereocenters. The number of carbonyl (C=O) groups excluding carboxylic acids is 3. The van der Waals surface area contributed by atoms with Crippen LogP contribution in [0.5, 0.6) is 0 Å². The Bertz CT molecular complexity index is 740. The Morgan fingerprint density at radius 3 is 1.88 bits per heavy atom. The van der Waals surface area contributed by atoms with E-state index in [1.807, 2.05) is 5.32 Å². The van der Waals surface area contributed by atoms with Crippen molar-refractivity contribution in [3.63, 3.8) is 0 Å². The summed E-state index contributed by atoms with van der Waals surface area (Å²) >= 11 is 0. The number of aliphatic imine (C=N–C) groups is 1. The van der Waals surface area contributed by atoms with E-state index in [-0.39, 0.29) is 25.3 Å². The van der Waals surface area contributed by atoms with Crippen LogP contribution in [0.25, 0.3) is 0 Å². The summed E-state index contributed by atoms with van der Waals surface area (Å²) in [5.41, 5.74) is 15.9. The van der Waals surface area contributed by atoms with E-state index in [9.17, 15) is 34.2 Å². The molecule has 0 spiro atoms. The molecule has 0 saturated heterocycles. The lowest BCUT2D eigenvalue weighted by atomic mass is 10.1. The average molecular weight is 477 g/mol. The highest BCUT2D eigenvalue weighted by molar-refractivity contribution is 5.94. The molecule has 0 bridgehead atoms. The maximum absolute atomic E-state index is 12.6. The quantitative estimate of drug-likeness (QED) is 0.0601. The van der Waals surface area contributed by atoms with E-state index in [2.05, 4.69) is 15.6 Å². The summed E-state index contributed by atoms with van der Waals surface area (Å²) < 4.78 is 0. The molecular weight excluding hydrogens is 446 g/mol. The highest BCUT2D eigenvalue weighted by atomic mass is 16.4. The summed E-state index contributed by atoms with van der Waals surface area (Å²) in [5.74, 6) is -6.29. The van der Waals surface area contributed by atoms with Crippen molar-refractivity contribution in [2.24, 2.45) is 22.2 Å². The number of carbonyl (C=O) groups is 5. The number of aliphatic hydroxyl groups excluding tert-OH is 2. The van der Waals surface area contributed by atoms with E-state index < -0.39 is 73.0 Å². The lowest BCUT2D eigenvalue weighted by Crippen LogP contribution is -2.59. The van der Waals surface area contributed by atoms with E-state index in [1.54, 1.807) is 0 Å². The van der Waals surface area contributed by atoms with Gasteiger partial charge in [0.15, 0.2) is 5.96 Å². The van der Waals surface area contributed by atoms with Crippen LogP contribution in [0.4, 0.5) is 0 Å². The van der Waals surface area contributed by atoms with Crippen molar-refractivity contribution in [2.45, 2.75) is 56.5 Å². The first-order chi connectivity index (χ1) is 15.3. The third-order valence-corrected chi connectivity index (χ3v) is 4.21. The number of hydrogen-bond donors (Lipinski definition) is 10. The summed E-state index contributed by atoms with van der Waals surface area (Å²) in [6, 6.07) is -6.11. The van der Waals surface area contributed by atoms with Crippen LogP contribution in [0.15, 0.2) is 4.99 Å². The lowest BCUT2D eigenvalue weighted by molar-refractivity contribution is -0.147. The number of nitrogens with two attached hydrogens (primary N) is 3. The van der Waals surface area contributed by atoms with Gasteiger partial charge in [0.25, 0.3) is 0 Å². The lowest BCUT2D eigenvalue weighted by Gasteiger charge is -2.24. The number of nitrogens with one attached hydrogen (secondary N) is 3. The zero-order chi connectivity index (χ0) is 25.7. The van der Waals surface area contributed by atoms with Crippen LogP contribution >= 0.6 is 0 Å². The first-order valence-electron chi connectivity index (χ1n) is 9.75. The normalized spacial score (nSPS) is 15.2. The first kappa shape index (κ1) is 29.5. The van der Waals surface area contributed by atoms with Gasteiger partial charge in [-0.25, -0.2) is 4.79 Å². The fraction of sp³-hybridized carbons (Fsp3) is 0.647. The summed E-state index contributed by atoms with van der Waals surface area (Å²) in [4.78, 5) is 62.8. The highest BCUT2D eigenvalue weighted by Gasteiger charge is 2.31. The van der Waals surface area contributed by atoms with Gasteiger partial charge in [0.1, 0.15) is 24.2 Å². The summed E-state index contributed by atoms with van der Waals surface area (Å²) in [7, 11) is 0. The molecule has 5 unspecified atom stereocenters. The molecule has 13 N–H and O–H groups in total. The summed E-state index contributed by atoms with van der Waals surface area (Å²) in [5, 5.41) is 43.1. The van der Waals surface area contributed by atoms with Crippen molar-refractivity contribution in [3.8, 4) is 0 Å². The van der Waals surface area contributed by atoms with E-state index >= 15 is 0 Å². The van der Waals surface area contributed by atoms with Crippen molar-refractivity contribution in [3.05, 3.63) is 0 Å². The van der Waals surface area contributed by atoms with Gasteiger partial charge in [0.05, 0.1) is 19.1 Å². The largest absolute Gasteiger partial charge is 0.481 e. The molecule has 0 aromatic carbocycles. The van der Waals surface area contributed by atoms with E-state index in [1.165, 1.54) is 6.92 Å². The predicted octanol–water partition coefficient (Wildman–Crippen LogP) is -5.25. The molecule has 0 radical (unpaired) electrons. The molecule has 0 heterocycles. The minimum Gasteiger partial charge on any atom is -0.481 e. The van der Waals surface area contributed by atoms with Crippen LogP contribution in [0.1, 0.15) is 26.2 Å². The fourth-order valence-electron chi connectivity index (χ4n) is 2.37. The molecule has 0 rings (SSSR count). The molecule has 0 aromatic heterocycles. The van der Waals surface area contributed by atoms with Crippen molar-refractivity contribution >= 4 is 35.6 Å². The molecule has 0 aromatic rings. The maximum Gasteiger partial charge on any atom is 0.326 e. The SMILES string of the molecule is CC(O)C(N)C(=O)NC(CO)C(=O)NC(CCCN=C(N)N)C(=O)NC(CC(=O)O)C(=O)O. The molecule has 0 fully saturated rings. The molecule has 188 valence electrons. The number of guanidine groups is 1. The first-order valence-corrected chi connectivity index (χ1v) is 9.75. The molecule has 16 heteroatoms. The number of aliphatic carboxylic acids is 2. The van der Waals surface area contributed by atoms with E-state index in [0.29, 0.717) is 0 Å². The number of nitrogens with zero attached hydrogens (tertiary/aromatic N) is 1. The Balaban J connectivity index is 5.44. The van der Waals surface area contributed by atoms with Crippen LogP contribution < -0.4 is 33.2 Å². The van der Waals surface area contributed by atoms with Crippen molar-refractivity contribution < 1.29 is 44.4 Å². The third-order valence-electron chi connectivity index (χ3n) is 4.21. The third kappa shape index (κ3) is 11.6. The van der Waals surface area contributed by atoms with Gasteiger partial charge in [-0.05, 0) is 19.8 Å². The Labute approximate surface area is 188 Å². The minimum atomic E-state index is -1.77. The molecule has 33 heavy (non-hydrogen) atoms. The number of hydrogen-bond acceptors (Lipinski definition) is 9. The number of carboxylic acid groups (broad SMARTS) is 2. The Hall–Kier alpha value is -3.50. The maximum atomic E-state index is 12.6. The van der Waals surface area contributed by atoms with Crippen LogP contribution in [-0.2, 0) is 24.0 Å². The monoisotopic (exact) mass is 477 g/mol. The second kappa shape index (κ2) is 14.5. The smallest absolute Gasteiger partial charge is 0.326 e. The number of rotatable bonds is 15. The second-order valence-corrected chi connectivity index (χ2v) is 7.02. The van der Waals surface area contributed by atoms with Gasteiger partial charge >= 0.3 is 11.9 Å². The van der Waals surface area contributed by atoms with Crippen molar-refractivity contribution in [1.29, 1.82) is 0 Å². The predicted molar refractivity (Wildman–Crippen MR) is 112 cm³/mol. The molecule has 0 saturated carbocycles. The van der Waals surface area contributed by atoms with Gasteiger partial charge in [-0.2, -0.15) is 0 Å². The molecule has 0 aliphatic heterocycles. The van der Waals surface area contributed by atoms with Crippen LogP contribution in [0.3, 0.4) is 0 Å². The van der Waals surface area contributed by atoms with Crippen molar-refractivity contribution in [2.75, 3.05) is 13.2 Å². The standard InChI is InChI=1S/C17H31N7O9/c1-7(26)12(18)15(31)24-10(6-25)14(30)22-8(3-2-4-21-17(19)20)13(29)23-9(16(32)33)5-11(27)28/h7-10,12,25-26H,2-6,18H2,1H3,(H,22,30)(H,23,29)(H,24,31)(H,27,28)(H,32,33)(H4,19,20,21). The topological polar surface area (TPSA) is 293 Å². The molecular formula is C17H31N7O9. The van der Waals surface area contributed by atoms with Gasteiger partial charge in [-0.15, -0.1) is 0 Å². The van der Waals surface area contributed by atoms with Gasteiger partial charge in [0.2, 0.25) is 17.7 Å². The Morgan fingerprint density at radius 2 is 1.42 bits per heavy atom. The highest BCUT2D eigenvalue weighted by Crippen LogP contribution is 2.03. The minimum absolute atomic E-state index is 0.0584. The van der Waals surface area contributed by atoms with Crippen LogP contribution in [0, 0.1) is 0 Å². The number of carboxylic acids is 2. The molecule has 0 aliphatic rings. The Kier molecular flexibility index (Phi) is 13.0. The zero-order valence-corrected chi connectivity index (χ0v) is 17.9. The van der Waals surface area contributed by atoms with Gasteiger partial charge in [-0.1, -0.05) is 0 Å². The van der Waals surface area contributed by atoms with Gasteiger partial charge < -0.3 is 53.6 Å². The van der Waals surface area contributed by atoms with Crippen molar-refractivity contribution in [1.82, 2.24) is 16.0 Å². The van der Waals surface area contributed by atoms with Crippen LogP contribution in [0.2, 0.25) is 0 Å². The van der Waals surface area contributed by atoms with Gasteiger partial charge in [0, 0.05) is 6.54 Å². The number of aliphatic hydroxyl groups is 2. The zero-order valence-electron chi connectivity index (χ0n) is 17.9. The average Bonchev–Trinajstić information content (AvgIpc) is 2.71. The van der Waals surface area contributed by atoms with E-state index in [0.717, 1.165) is 0 Å². The molecule has 16 nitrogen and oxygen atoms in total. The van der Waals surface area contributed by atoms with Crippen LogP contribution in [-0.4, -0.2) is 99.5 Å². The number of amides is 3. The fourth-order valence-corrected chi connectivity index (χ4v) is 2.37. The van der Waals surface area contributed by atoms with Gasteiger partial charge in [-0.3, -0.25) is 24.2 Å².